The van der Waals surface area contributed by atoms with Crippen LogP contribution >= 0.6 is 0 Å². The summed E-state index contributed by atoms with van der Waals surface area (Å²) < 4.78 is 0. The van der Waals surface area contributed by atoms with Crippen LogP contribution in [-0.2, 0) is 11.3 Å². The Kier molecular flexibility index (Phi) is 4.07. The summed E-state index contributed by atoms with van der Waals surface area (Å²) >= 11 is 0. The summed E-state index contributed by atoms with van der Waals surface area (Å²) in [6, 6.07) is 6.34. The van der Waals surface area contributed by atoms with Gasteiger partial charge in [-0.25, -0.2) is 0 Å². The Morgan fingerprint density at radius 3 is 2.64 bits per heavy atom. The number of carbonyl (C=O) groups is 1. The molecule has 1 N–H and O–H groups in total. The molecule has 25 heavy (non-hydrogen) atoms. The Labute approximate surface area is 148 Å². The van der Waals surface area contributed by atoms with Crippen LogP contribution in [0.1, 0.15) is 42.5 Å². The molecule has 6 nitrogen and oxygen atoms in total. The predicted octanol–water partition coefficient (Wildman–Crippen LogP) is 2.13. The Balaban J connectivity index is 1.55. The van der Waals surface area contributed by atoms with Crippen molar-refractivity contribution in [3.63, 3.8) is 0 Å². The Morgan fingerprint density at radius 2 is 1.96 bits per heavy atom. The van der Waals surface area contributed by atoms with E-state index in [2.05, 4.69) is 52.5 Å². The highest BCUT2D eigenvalue weighted by Gasteiger charge is 2.45. The normalized spacial score (nSPS) is 20.2. The zero-order valence-electron chi connectivity index (χ0n) is 15.0. The molecule has 1 aliphatic carbocycles. The van der Waals surface area contributed by atoms with E-state index in [1.165, 1.54) is 17.5 Å². The summed E-state index contributed by atoms with van der Waals surface area (Å²) in [5.41, 5.74) is 4.40. The molecule has 2 heterocycles. The zero-order chi connectivity index (χ0) is 17.4. The second kappa shape index (κ2) is 6.26. The van der Waals surface area contributed by atoms with Crippen molar-refractivity contribution >= 4 is 5.91 Å². The van der Waals surface area contributed by atoms with Crippen molar-refractivity contribution in [2.24, 2.45) is 0 Å². The topological polar surface area (TPSA) is 63.1 Å². The molecule has 0 atom stereocenters. The molecule has 1 spiro atoms. The van der Waals surface area contributed by atoms with Crippen LogP contribution in [0.25, 0.3) is 5.69 Å². The summed E-state index contributed by atoms with van der Waals surface area (Å²) in [5, 5.41) is 12.2. The van der Waals surface area contributed by atoms with Crippen LogP contribution in [0.3, 0.4) is 0 Å². The number of nitrogens with one attached hydrogen (secondary N) is 1. The number of amides is 1. The Morgan fingerprint density at radius 1 is 1.20 bits per heavy atom. The van der Waals surface area contributed by atoms with E-state index in [1.807, 2.05) is 6.20 Å². The van der Waals surface area contributed by atoms with E-state index in [-0.39, 0.29) is 11.4 Å². The van der Waals surface area contributed by atoms with Crippen molar-refractivity contribution < 1.29 is 4.79 Å². The molecule has 0 unspecified atom stereocenters. The summed E-state index contributed by atoms with van der Waals surface area (Å²) in [5.74, 6) is 0.182. The number of hydrogen-bond acceptors (Lipinski definition) is 4. The average Bonchev–Trinajstić information content (AvgIpc) is 2.90. The maximum absolute atomic E-state index is 12.0. The van der Waals surface area contributed by atoms with Crippen LogP contribution in [0.5, 0.6) is 0 Å². The molecular weight excluding hydrogens is 314 g/mol. The van der Waals surface area contributed by atoms with Crippen molar-refractivity contribution in [2.75, 3.05) is 13.1 Å². The van der Waals surface area contributed by atoms with Crippen LogP contribution in [-0.4, -0.2) is 44.4 Å². The first-order valence-electron chi connectivity index (χ1n) is 9.06. The van der Waals surface area contributed by atoms with Crippen molar-refractivity contribution in [2.45, 2.75) is 51.6 Å². The summed E-state index contributed by atoms with van der Waals surface area (Å²) in [6.07, 6.45) is 5.87. The standard InChI is InChI=1S/C19H25N5O/c1-14-8-15(2)10-17(9-14)24-21-12-16(22-24)13-23-7-6-20-18(25)11-19(23)4-3-5-19/h8-10,12H,3-7,11,13H2,1-2H3,(H,20,25). The number of hydrogen-bond donors (Lipinski definition) is 1. The fourth-order valence-electron chi connectivity index (χ4n) is 4.12. The fourth-order valence-corrected chi connectivity index (χ4v) is 4.12. The minimum Gasteiger partial charge on any atom is -0.355 e. The number of nitrogens with zero attached hydrogens (tertiary/aromatic N) is 4. The molecule has 1 saturated carbocycles. The number of aromatic nitrogens is 3. The molecule has 2 aliphatic rings. The first kappa shape index (κ1) is 16.3. The molecule has 132 valence electrons. The van der Waals surface area contributed by atoms with Gasteiger partial charge >= 0.3 is 0 Å². The number of aryl methyl sites for hydroxylation is 2. The largest absolute Gasteiger partial charge is 0.355 e. The highest BCUT2D eigenvalue weighted by Crippen LogP contribution is 2.41. The van der Waals surface area contributed by atoms with Gasteiger partial charge in [0.05, 0.1) is 17.6 Å². The summed E-state index contributed by atoms with van der Waals surface area (Å²) in [6.45, 7) is 6.51. The van der Waals surface area contributed by atoms with Gasteiger partial charge in [0.25, 0.3) is 0 Å². The average molecular weight is 339 g/mol. The van der Waals surface area contributed by atoms with Crippen LogP contribution in [0.15, 0.2) is 24.4 Å². The SMILES string of the molecule is Cc1cc(C)cc(-n2ncc(CN3CCNC(=O)CC34CCC4)n2)c1. The lowest BCUT2D eigenvalue weighted by Crippen LogP contribution is -2.53. The second-order valence-electron chi connectivity index (χ2n) is 7.50. The first-order chi connectivity index (χ1) is 12.0. The third-order valence-corrected chi connectivity index (χ3v) is 5.48. The van der Waals surface area contributed by atoms with Crippen LogP contribution in [0.4, 0.5) is 0 Å². The number of benzene rings is 1. The Bertz CT molecular complexity index is 773. The van der Waals surface area contributed by atoms with Crippen LogP contribution in [0.2, 0.25) is 0 Å². The quantitative estimate of drug-likeness (QED) is 0.930. The van der Waals surface area contributed by atoms with E-state index in [9.17, 15) is 4.79 Å². The van der Waals surface area contributed by atoms with Crippen molar-refractivity contribution in [3.05, 3.63) is 41.2 Å². The minimum atomic E-state index is 0.0320. The summed E-state index contributed by atoms with van der Waals surface area (Å²) in [4.78, 5) is 16.1. The smallest absolute Gasteiger partial charge is 0.221 e. The molecule has 1 aromatic heterocycles. The van der Waals surface area contributed by atoms with Gasteiger partial charge in [0.2, 0.25) is 5.91 Å². The lowest BCUT2D eigenvalue weighted by Gasteiger charge is -2.48. The van der Waals surface area contributed by atoms with Crippen LogP contribution < -0.4 is 5.32 Å². The predicted molar refractivity (Wildman–Crippen MR) is 95.5 cm³/mol. The van der Waals surface area contributed by atoms with Crippen molar-refractivity contribution in [1.29, 1.82) is 0 Å². The molecule has 0 bridgehead atoms. The van der Waals surface area contributed by atoms with E-state index in [0.29, 0.717) is 13.0 Å². The van der Waals surface area contributed by atoms with Gasteiger partial charge in [0.15, 0.2) is 0 Å². The molecule has 2 fully saturated rings. The van der Waals surface area contributed by atoms with E-state index in [4.69, 9.17) is 0 Å². The van der Waals surface area contributed by atoms with Gasteiger partial charge in [-0.3, -0.25) is 9.69 Å². The second-order valence-corrected chi connectivity index (χ2v) is 7.50. The van der Waals surface area contributed by atoms with Gasteiger partial charge in [-0.1, -0.05) is 6.07 Å². The zero-order valence-corrected chi connectivity index (χ0v) is 15.0. The number of carbonyl (C=O) groups excluding carboxylic acids is 1. The van der Waals surface area contributed by atoms with E-state index in [0.717, 1.165) is 37.3 Å². The highest BCUT2D eigenvalue weighted by molar-refractivity contribution is 5.77. The monoisotopic (exact) mass is 339 g/mol. The van der Waals surface area contributed by atoms with E-state index < -0.39 is 0 Å². The van der Waals surface area contributed by atoms with E-state index >= 15 is 0 Å². The summed E-state index contributed by atoms with van der Waals surface area (Å²) in [7, 11) is 0. The lowest BCUT2D eigenvalue weighted by atomic mass is 9.73. The van der Waals surface area contributed by atoms with Gasteiger partial charge in [-0.15, -0.1) is 0 Å². The first-order valence-corrected chi connectivity index (χ1v) is 9.06. The van der Waals surface area contributed by atoms with Crippen molar-refractivity contribution in [1.82, 2.24) is 25.2 Å². The molecule has 0 radical (unpaired) electrons. The van der Waals surface area contributed by atoms with Gasteiger partial charge in [-0.05, 0) is 56.4 Å². The molecule has 1 saturated heterocycles. The molecule has 2 aromatic rings. The molecule has 1 amide bonds. The highest BCUT2D eigenvalue weighted by atomic mass is 16.1. The van der Waals surface area contributed by atoms with Gasteiger partial charge in [0, 0.05) is 31.6 Å². The van der Waals surface area contributed by atoms with Crippen LogP contribution in [0, 0.1) is 13.8 Å². The Hall–Kier alpha value is -2.21. The van der Waals surface area contributed by atoms with Crippen molar-refractivity contribution in [3.8, 4) is 5.69 Å². The fraction of sp³-hybridized carbons (Fsp3) is 0.526. The molecule has 1 aromatic carbocycles. The lowest BCUT2D eigenvalue weighted by molar-refractivity contribution is -0.124. The third-order valence-electron chi connectivity index (χ3n) is 5.48. The maximum atomic E-state index is 12.0. The van der Waals surface area contributed by atoms with Gasteiger partial charge in [0.1, 0.15) is 0 Å². The molecule has 4 rings (SSSR count). The number of rotatable bonds is 3. The van der Waals surface area contributed by atoms with Gasteiger partial charge in [-0.2, -0.15) is 15.0 Å². The third kappa shape index (κ3) is 3.18. The minimum absolute atomic E-state index is 0.0320. The maximum Gasteiger partial charge on any atom is 0.221 e. The molecular formula is C19H25N5O. The molecule has 1 aliphatic heterocycles. The van der Waals surface area contributed by atoms with E-state index in [1.54, 1.807) is 4.80 Å². The molecule has 6 heteroatoms. The van der Waals surface area contributed by atoms with Gasteiger partial charge < -0.3 is 5.32 Å².